The van der Waals surface area contributed by atoms with E-state index in [1.165, 1.54) is 16.8 Å². The summed E-state index contributed by atoms with van der Waals surface area (Å²) >= 11 is 0. The third-order valence-electron chi connectivity index (χ3n) is 4.02. The van der Waals surface area contributed by atoms with E-state index in [1.54, 1.807) is 52.0 Å². The Labute approximate surface area is 173 Å². The number of nitrogens with zero attached hydrogens (tertiary/aromatic N) is 3. The summed E-state index contributed by atoms with van der Waals surface area (Å²) in [4.78, 5) is 32.9. The number of hydrogen-bond donors (Lipinski definition) is 1. The number of amides is 1. The predicted octanol–water partition coefficient (Wildman–Crippen LogP) is 2.84. The predicted molar refractivity (Wildman–Crippen MR) is 113 cm³/mol. The molecule has 10 heteroatoms. The average Bonchev–Trinajstić information content (AvgIpc) is 2.59. The Morgan fingerprint density at radius 2 is 1.90 bits per heavy atom. The second-order valence-electron chi connectivity index (χ2n) is 7.84. The molecule has 9 nitrogen and oxygen atoms in total. The minimum absolute atomic E-state index is 0.157. The van der Waals surface area contributed by atoms with Crippen molar-refractivity contribution in [2.45, 2.75) is 38.5 Å². The van der Waals surface area contributed by atoms with Gasteiger partial charge in [0, 0.05) is 29.6 Å². The summed E-state index contributed by atoms with van der Waals surface area (Å²) in [6.45, 7) is 6.97. The van der Waals surface area contributed by atoms with Crippen molar-refractivity contribution in [3.8, 4) is 5.69 Å². The molecule has 0 spiro atoms. The summed E-state index contributed by atoms with van der Waals surface area (Å²) in [5.41, 5.74) is 0.522. The molecule has 0 fully saturated rings. The molecule has 0 radical (unpaired) electrons. The van der Waals surface area contributed by atoms with E-state index in [2.05, 4.69) is 15.3 Å². The van der Waals surface area contributed by atoms with Gasteiger partial charge in [-0.1, -0.05) is 6.07 Å². The zero-order chi connectivity index (χ0) is 22.3. The van der Waals surface area contributed by atoms with Gasteiger partial charge in [-0.25, -0.2) is 18.2 Å². The normalized spacial score (nSPS) is 12.0. The number of fused-ring (bicyclic) bond motifs is 1. The minimum atomic E-state index is -3.67. The van der Waals surface area contributed by atoms with Gasteiger partial charge >= 0.3 is 6.09 Å². The van der Waals surface area contributed by atoms with Crippen molar-refractivity contribution in [1.82, 2.24) is 14.5 Å². The number of nitrogens with one attached hydrogen (secondary N) is 1. The number of anilines is 1. The molecule has 1 aromatic carbocycles. The van der Waals surface area contributed by atoms with E-state index in [0.717, 1.165) is 6.26 Å². The molecule has 30 heavy (non-hydrogen) atoms. The maximum Gasteiger partial charge on any atom is 0.412 e. The van der Waals surface area contributed by atoms with Crippen molar-refractivity contribution in [2.75, 3.05) is 11.6 Å². The van der Waals surface area contributed by atoms with E-state index in [9.17, 15) is 18.0 Å². The lowest BCUT2D eigenvalue weighted by atomic mass is 10.2. The van der Waals surface area contributed by atoms with Crippen LogP contribution in [0.3, 0.4) is 0 Å². The van der Waals surface area contributed by atoms with Gasteiger partial charge in [-0.3, -0.25) is 14.7 Å². The summed E-state index contributed by atoms with van der Waals surface area (Å²) in [7, 11) is -3.67. The highest BCUT2D eigenvalue weighted by molar-refractivity contribution is 7.90. The number of carbonyl (C=O) groups excluding carboxylic acids is 1. The molecule has 0 saturated carbocycles. The Morgan fingerprint density at radius 3 is 2.53 bits per heavy atom. The molecule has 0 saturated heterocycles. The second-order valence-corrected chi connectivity index (χ2v) is 9.75. The maximum atomic E-state index is 12.8. The number of pyridine rings is 1. The van der Waals surface area contributed by atoms with Gasteiger partial charge in [0.1, 0.15) is 5.60 Å². The van der Waals surface area contributed by atoms with Gasteiger partial charge < -0.3 is 4.74 Å². The summed E-state index contributed by atoms with van der Waals surface area (Å²) in [5, 5.41) is 2.77. The van der Waals surface area contributed by atoms with Crippen LogP contribution < -0.4 is 10.9 Å². The molecule has 3 rings (SSSR count). The van der Waals surface area contributed by atoms with Crippen LogP contribution >= 0.6 is 0 Å². The van der Waals surface area contributed by atoms with Gasteiger partial charge in [-0.15, -0.1) is 0 Å². The Kier molecular flexibility index (Phi) is 5.38. The van der Waals surface area contributed by atoms with E-state index >= 15 is 0 Å². The summed E-state index contributed by atoms with van der Waals surface area (Å²) in [6, 6.07) is 7.94. The van der Waals surface area contributed by atoms with Crippen molar-refractivity contribution < 1.29 is 17.9 Å². The molecule has 158 valence electrons. The highest BCUT2D eigenvalue weighted by atomic mass is 32.2. The van der Waals surface area contributed by atoms with Gasteiger partial charge in [0.05, 0.1) is 5.69 Å². The largest absolute Gasteiger partial charge is 0.444 e. The molecule has 0 bridgehead atoms. The topological polar surface area (TPSA) is 120 Å². The van der Waals surface area contributed by atoms with Crippen molar-refractivity contribution >= 4 is 32.7 Å². The lowest BCUT2D eigenvalue weighted by Crippen LogP contribution is -2.27. The summed E-state index contributed by atoms with van der Waals surface area (Å²) in [5.74, 6) is 0. The SMILES string of the molecule is Cc1cc(=O)n(-c2cccc(NC(=O)OC(C)(C)C)c2)c2nc(S(C)(=O)=O)ncc12. The standard InChI is InChI=1S/C20H22N4O5S/c1-12-9-16(25)24(17-15(12)11-21-18(23-17)30(5,27)28)14-8-6-7-13(10-14)22-19(26)29-20(2,3)4/h6-11H,1-5H3,(H,22,26). The number of rotatable bonds is 3. The maximum absolute atomic E-state index is 12.8. The van der Waals surface area contributed by atoms with Crippen molar-refractivity contribution in [3.63, 3.8) is 0 Å². The molecular formula is C20H22N4O5S. The van der Waals surface area contributed by atoms with Gasteiger partial charge in [-0.2, -0.15) is 4.98 Å². The van der Waals surface area contributed by atoms with Crippen LogP contribution in [0.15, 0.2) is 46.5 Å². The molecule has 0 atom stereocenters. The first-order valence-corrected chi connectivity index (χ1v) is 10.9. The van der Waals surface area contributed by atoms with Gasteiger partial charge in [0.25, 0.3) is 5.56 Å². The number of benzene rings is 1. The van der Waals surface area contributed by atoms with E-state index in [-0.39, 0.29) is 10.8 Å². The number of ether oxygens (including phenoxy) is 1. The summed E-state index contributed by atoms with van der Waals surface area (Å²) in [6.07, 6.45) is 1.74. The molecule has 1 amide bonds. The van der Waals surface area contributed by atoms with Gasteiger partial charge in [0.2, 0.25) is 15.0 Å². The lowest BCUT2D eigenvalue weighted by Gasteiger charge is -2.20. The third kappa shape index (κ3) is 4.65. The second kappa shape index (κ2) is 7.52. The van der Waals surface area contributed by atoms with E-state index < -0.39 is 27.1 Å². The smallest absolute Gasteiger partial charge is 0.412 e. The zero-order valence-corrected chi connectivity index (χ0v) is 18.1. The molecule has 0 aliphatic rings. The van der Waals surface area contributed by atoms with Gasteiger partial charge in [-0.05, 0) is 51.5 Å². The number of hydrogen-bond acceptors (Lipinski definition) is 7. The van der Waals surface area contributed by atoms with E-state index in [4.69, 9.17) is 4.74 Å². The lowest BCUT2D eigenvalue weighted by molar-refractivity contribution is 0.0636. The van der Waals surface area contributed by atoms with Gasteiger partial charge in [0.15, 0.2) is 5.65 Å². The Hall–Kier alpha value is -3.27. The van der Waals surface area contributed by atoms with Crippen LogP contribution in [-0.4, -0.2) is 40.9 Å². The number of carbonyl (C=O) groups is 1. The molecular weight excluding hydrogens is 408 g/mol. The Morgan fingerprint density at radius 1 is 1.20 bits per heavy atom. The van der Waals surface area contributed by atoms with Crippen LogP contribution in [-0.2, 0) is 14.6 Å². The fraction of sp³-hybridized carbons (Fsp3) is 0.300. The quantitative estimate of drug-likeness (QED) is 0.634. The first-order valence-electron chi connectivity index (χ1n) is 9.05. The molecule has 0 aliphatic heterocycles. The van der Waals surface area contributed by atoms with Crippen molar-refractivity contribution in [2.24, 2.45) is 0 Å². The highest BCUT2D eigenvalue weighted by Gasteiger charge is 2.18. The molecule has 2 aromatic heterocycles. The van der Waals surface area contributed by atoms with Crippen LogP contribution in [0.25, 0.3) is 16.7 Å². The molecule has 2 heterocycles. The molecule has 3 aromatic rings. The number of aromatic nitrogens is 3. The van der Waals surface area contributed by atoms with Crippen LogP contribution in [0.4, 0.5) is 10.5 Å². The summed E-state index contributed by atoms with van der Waals surface area (Å²) < 4.78 is 30.3. The third-order valence-corrected chi connectivity index (χ3v) is 4.88. The average molecular weight is 430 g/mol. The number of aryl methyl sites for hydroxylation is 1. The van der Waals surface area contributed by atoms with Crippen LogP contribution in [0.5, 0.6) is 0 Å². The Balaban J connectivity index is 2.15. The fourth-order valence-electron chi connectivity index (χ4n) is 2.81. The first kappa shape index (κ1) is 21.4. The first-order chi connectivity index (χ1) is 13.8. The fourth-order valence-corrected chi connectivity index (χ4v) is 3.31. The molecule has 0 unspecified atom stereocenters. The highest BCUT2D eigenvalue weighted by Crippen LogP contribution is 2.21. The van der Waals surface area contributed by atoms with E-state index in [1.807, 2.05) is 0 Å². The Bertz CT molecular complexity index is 1310. The minimum Gasteiger partial charge on any atom is -0.444 e. The van der Waals surface area contributed by atoms with Crippen molar-refractivity contribution in [3.05, 3.63) is 52.4 Å². The number of sulfone groups is 1. The van der Waals surface area contributed by atoms with Crippen molar-refractivity contribution in [1.29, 1.82) is 0 Å². The van der Waals surface area contributed by atoms with Crippen LogP contribution in [0.1, 0.15) is 26.3 Å². The van der Waals surface area contributed by atoms with E-state index in [0.29, 0.717) is 22.3 Å². The van der Waals surface area contributed by atoms with Crippen LogP contribution in [0, 0.1) is 6.92 Å². The monoisotopic (exact) mass is 430 g/mol. The zero-order valence-electron chi connectivity index (χ0n) is 17.3. The molecule has 0 aliphatic carbocycles. The van der Waals surface area contributed by atoms with Crippen LogP contribution in [0.2, 0.25) is 0 Å². The molecule has 1 N–H and O–H groups in total.